The van der Waals surface area contributed by atoms with Crippen molar-refractivity contribution in [3.05, 3.63) is 0 Å². The van der Waals surface area contributed by atoms with Crippen molar-refractivity contribution in [1.29, 1.82) is 0 Å². The van der Waals surface area contributed by atoms with Crippen LogP contribution >= 0.6 is 15.9 Å². The van der Waals surface area contributed by atoms with Crippen LogP contribution in [0, 0.1) is 0 Å². The molecule has 1 N–H and O–H groups in total. The lowest BCUT2D eigenvalue weighted by atomic mass is 10.1. The highest BCUT2D eigenvalue weighted by molar-refractivity contribution is 9.09. The second kappa shape index (κ2) is 7.36. The van der Waals surface area contributed by atoms with Crippen molar-refractivity contribution in [3.8, 4) is 0 Å². The minimum Gasteiger partial charge on any atom is -0.355 e. The number of amides is 1. The van der Waals surface area contributed by atoms with E-state index in [1.807, 2.05) is 0 Å². The molecule has 0 aliphatic heterocycles. The first kappa shape index (κ1) is 16.9. The maximum atomic E-state index is 11.7. The molecular weight excluding hydrogens is 306 g/mol. The minimum atomic E-state index is -3.37. The predicted octanol–water partition coefficient (Wildman–Crippen LogP) is 1.88. The molecule has 0 aliphatic rings. The van der Waals surface area contributed by atoms with Crippen molar-refractivity contribution in [2.24, 2.45) is 0 Å². The molecule has 0 aromatic carbocycles. The van der Waals surface area contributed by atoms with Gasteiger partial charge in [0, 0.05) is 18.1 Å². The fourth-order valence-corrected chi connectivity index (χ4v) is 1.96. The first-order valence-electron chi connectivity index (χ1n) is 5.77. The molecule has 0 spiro atoms. The Morgan fingerprint density at radius 3 is 2.18 bits per heavy atom. The smallest absolute Gasteiger partial charge is 0.240 e. The average Bonchev–Trinajstić information content (AvgIpc) is 2.21. The van der Waals surface area contributed by atoms with Crippen LogP contribution in [0.15, 0.2) is 0 Å². The number of unbranched alkanes of at least 4 members (excludes halogenated alkanes) is 3. The van der Waals surface area contributed by atoms with Crippen molar-refractivity contribution in [3.63, 3.8) is 0 Å². The molecule has 0 bridgehead atoms. The Bertz CT molecular complexity index is 339. The molecule has 4 nitrogen and oxygen atoms in total. The molecule has 0 aromatic rings. The van der Waals surface area contributed by atoms with E-state index in [2.05, 4.69) is 21.2 Å². The normalized spacial score (nSPS) is 12.5. The van der Waals surface area contributed by atoms with E-state index in [4.69, 9.17) is 0 Å². The van der Waals surface area contributed by atoms with Gasteiger partial charge in [0.2, 0.25) is 5.91 Å². The van der Waals surface area contributed by atoms with E-state index in [1.54, 1.807) is 0 Å². The van der Waals surface area contributed by atoms with Crippen LogP contribution in [-0.2, 0) is 14.6 Å². The van der Waals surface area contributed by atoms with Crippen LogP contribution in [0.3, 0.4) is 0 Å². The van der Waals surface area contributed by atoms with Crippen LogP contribution in [0.5, 0.6) is 0 Å². The summed E-state index contributed by atoms with van der Waals surface area (Å²) in [4.78, 5) is 11.7. The van der Waals surface area contributed by atoms with E-state index < -0.39 is 20.5 Å². The zero-order valence-corrected chi connectivity index (χ0v) is 13.2. The molecule has 0 saturated carbocycles. The molecule has 102 valence electrons. The standard InChI is InChI=1S/C11H22BrNO3S/c1-11(2,17(3,15)16)10(14)13-9-7-5-4-6-8-12/h4-9H2,1-3H3,(H,13,14). The Balaban J connectivity index is 3.96. The van der Waals surface area contributed by atoms with Gasteiger partial charge < -0.3 is 5.32 Å². The second-order valence-electron chi connectivity index (χ2n) is 4.64. The maximum Gasteiger partial charge on any atom is 0.240 e. The SMILES string of the molecule is CC(C)(C(=O)NCCCCCCBr)S(C)(=O)=O. The van der Waals surface area contributed by atoms with E-state index >= 15 is 0 Å². The summed E-state index contributed by atoms with van der Waals surface area (Å²) in [6.07, 6.45) is 5.27. The van der Waals surface area contributed by atoms with Gasteiger partial charge in [0.25, 0.3) is 0 Å². The third-order valence-corrected chi connectivity index (χ3v) is 5.42. The van der Waals surface area contributed by atoms with Gasteiger partial charge in [-0.05, 0) is 26.7 Å². The van der Waals surface area contributed by atoms with Gasteiger partial charge in [0.1, 0.15) is 4.75 Å². The Hall–Kier alpha value is -0.100. The van der Waals surface area contributed by atoms with Crippen molar-refractivity contribution >= 4 is 31.7 Å². The summed E-state index contributed by atoms with van der Waals surface area (Å²) in [5.41, 5.74) is 0. The highest BCUT2D eigenvalue weighted by Gasteiger charge is 2.37. The largest absolute Gasteiger partial charge is 0.355 e. The molecule has 0 aliphatic carbocycles. The molecule has 0 unspecified atom stereocenters. The lowest BCUT2D eigenvalue weighted by Crippen LogP contribution is -2.47. The fraction of sp³-hybridized carbons (Fsp3) is 0.909. The third kappa shape index (κ3) is 5.86. The molecule has 0 atom stereocenters. The van der Waals surface area contributed by atoms with Crippen LogP contribution in [0.2, 0.25) is 0 Å². The quantitative estimate of drug-likeness (QED) is 0.547. The van der Waals surface area contributed by atoms with Gasteiger partial charge >= 0.3 is 0 Å². The number of hydrogen-bond donors (Lipinski definition) is 1. The lowest BCUT2D eigenvalue weighted by molar-refractivity contribution is -0.122. The Labute approximate surface area is 113 Å². The number of carbonyl (C=O) groups is 1. The first-order valence-corrected chi connectivity index (χ1v) is 8.78. The van der Waals surface area contributed by atoms with E-state index in [9.17, 15) is 13.2 Å². The number of rotatable bonds is 8. The maximum absolute atomic E-state index is 11.7. The topological polar surface area (TPSA) is 63.2 Å². The molecule has 0 heterocycles. The number of alkyl halides is 1. The Kier molecular flexibility index (Phi) is 7.32. The summed E-state index contributed by atoms with van der Waals surface area (Å²) in [6.45, 7) is 3.41. The summed E-state index contributed by atoms with van der Waals surface area (Å²) in [7, 11) is -3.37. The zero-order valence-electron chi connectivity index (χ0n) is 10.8. The Morgan fingerprint density at radius 1 is 1.18 bits per heavy atom. The molecule has 0 radical (unpaired) electrons. The van der Waals surface area contributed by atoms with Crippen LogP contribution < -0.4 is 5.32 Å². The van der Waals surface area contributed by atoms with Gasteiger partial charge in [-0.15, -0.1) is 0 Å². The lowest BCUT2D eigenvalue weighted by Gasteiger charge is -2.21. The highest BCUT2D eigenvalue weighted by atomic mass is 79.9. The number of hydrogen-bond acceptors (Lipinski definition) is 3. The van der Waals surface area contributed by atoms with Gasteiger partial charge in [0.15, 0.2) is 9.84 Å². The fourth-order valence-electron chi connectivity index (χ4n) is 1.16. The van der Waals surface area contributed by atoms with E-state index in [0.717, 1.165) is 37.3 Å². The van der Waals surface area contributed by atoms with Crippen molar-refractivity contribution in [2.75, 3.05) is 18.1 Å². The average molecular weight is 328 g/mol. The number of halogens is 1. The highest BCUT2D eigenvalue weighted by Crippen LogP contribution is 2.14. The van der Waals surface area contributed by atoms with Crippen molar-refractivity contribution in [1.82, 2.24) is 5.32 Å². The predicted molar refractivity (Wildman–Crippen MR) is 74.2 cm³/mol. The molecule has 1 amide bonds. The van der Waals surface area contributed by atoms with Crippen LogP contribution in [0.25, 0.3) is 0 Å². The summed E-state index contributed by atoms with van der Waals surface area (Å²) in [5, 5.41) is 3.68. The summed E-state index contributed by atoms with van der Waals surface area (Å²) >= 11 is 3.35. The molecule has 17 heavy (non-hydrogen) atoms. The summed E-state index contributed by atoms with van der Waals surface area (Å²) < 4.78 is 21.5. The van der Waals surface area contributed by atoms with Crippen LogP contribution in [0.4, 0.5) is 0 Å². The van der Waals surface area contributed by atoms with E-state index in [0.29, 0.717) is 6.54 Å². The van der Waals surface area contributed by atoms with E-state index in [1.165, 1.54) is 13.8 Å². The van der Waals surface area contributed by atoms with Gasteiger partial charge in [0.05, 0.1) is 0 Å². The summed E-state index contributed by atoms with van der Waals surface area (Å²) in [5.74, 6) is -0.416. The van der Waals surface area contributed by atoms with Gasteiger partial charge in [-0.1, -0.05) is 28.8 Å². The van der Waals surface area contributed by atoms with E-state index in [-0.39, 0.29) is 0 Å². The zero-order chi connectivity index (χ0) is 13.5. The van der Waals surface area contributed by atoms with Gasteiger partial charge in [-0.3, -0.25) is 4.79 Å². The molecule has 0 rings (SSSR count). The number of sulfone groups is 1. The summed E-state index contributed by atoms with van der Waals surface area (Å²) in [6, 6.07) is 0. The third-order valence-electron chi connectivity index (χ3n) is 2.82. The first-order chi connectivity index (χ1) is 7.73. The monoisotopic (exact) mass is 327 g/mol. The van der Waals surface area contributed by atoms with Crippen LogP contribution in [0.1, 0.15) is 39.5 Å². The molecule has 0 aromatic heterocycles. The van der Waals surface area contributed by atoms with Crippen molar-refractivity contribution in [2.45, 2.75) is 44.3 Å². The molecule has 0 fully saturated rings. The second-order valence-corrected chi connectivity index (χ2v) is 8.00. The van der Waals surface area contributed by atoms with Crippen LogP contribution in [-0.4, -0.2) is 37.2 Å². The van der Waals surface area contributed by atoms with Gasteiger partial charge in [-0.2, -0.15) is 0 Å². The number of nitrogens with one attached hydrogen (secondary N) is 1. The Morgan fingerprint density at radius 2 is 1.71 bits per heavy atom. The molecule has 0 saturated heterocycles. The molecule has 6 heteroatoms. The van der Waals surface area contributed by atoms with Gasteiger partial charge in [-0.25, -0.2) is 8.42 Å². The molecular formula is C11H22BrNO3S. The number of carbonyl (C=O) groups excluding carboxylic acids is 1. The van der Waals surface area contributed by atoms with Crippen molar-refractivity contribution < 1.29 is 13.2 Å². The minimum absolute atomic E-state index is 0.416.